The van der Waals surface area contributed by atoms with E-state index in [1.165, 1.54) is 0 Å². The van der Waals surface area contributed by atoms with Crippen molar-refractivity contribution in [1.29, 1.82) is 0 Å². The highest BCUT2D eigenvalue weighted by molar-refractivity contribution is 7.80. The van der Waals surface area contributed by atoms with Crippen molar-refractivity contribution >= 4 is 12.6 Å². The number of aliphatic hydroxyl groups excluding tert-OH is 3. The van der Waals surface area contributed by atoms with Crippen molar-refractivity contribution in [3.05, 3.63) is 0 Å². The summed E-state index contributed by atoms with van der Waals surface area (Å²) in [6, 6.07) is 0. The molecule has 0 saturated carbocycles. The maximum absolute atomic E-state index is 9.01. The Kier molecular flexibility index (Phi) is 2.54. The quantitative estimate of drug-likeness (QED) is 0.326. The summed E-state index contributed by atoms with van der Waals surface area (Å²) < 4.78 is 4.78. The van der Waals surface area contributed by atoms with E-state index >= 15 is 0 Å². The first-order chi connectivity index (χ1) is 4.63. The van der Waals surface area contributed by atoms with Crippen molar-refractivity contribution in [3.8, 4) is 0 Å². The molecule has 1 heterocycles. The van der Waals surface area contributed by atoms with Crippen molar-refractivity contribution in [3.63, 3.8) is 0 Å². The minimum atomic E-state index is -1.14. The smallest absolute Gasteiger partial charge is 0.129 e. The number of hydrogen-bond donors (Lipinski definition) is 4. The predicted molar refractivity (Wildman–Crippen MR) is 36.7 cm³/mol. The normalized spacial score (nSPS) is 49.2. The van der Waals surface area contributed by atoms with Crippen molar-refractivity contribution in [2.45, 2.75) is 23.7 Å². The number of hydrogen-bond acceptors (Lipinski definition) is 5. The van der Waals surface area contributed by atoms with Crippen LogP contribution in [0.15, 0.2) is 0 Å². The predicted octanol–water partition coefficient (Wildman–Crippen LogP) is -1.64. The summed E-state index contributed by atoms with van der Waals surface area (Å²) in [7, 11) is 0. The Labute approximate surface area is 63.8 Å². The van der Waals surface area contributed by atoms with Gasteiger partial charge in [0.25, 0.3) is 0 Å². The SMILES string of the molecule is O[C@H]1[C@H](O)[C@H](S)OC[C@H]1O. The highest BCUT2D eigenvalue weighted by Crippen LogP contribution is 2.17. The molecule has 0 amide bonds. The molecule has 10 heavy (non-hydrogen) atoms. The second-order valence-corrected chi connectivity index (χ2v) is 2.78. The third-order valence-electron chi connectivity index (χ3n) is 1.47. The van der Waals surface area contributed by atoms with Gasteiger partial charge in [0.1, 0.15) is 23.7 Å². The average molecular weight is 166 g/mol. The summed E-state index contributed by atoms with van der Waals surface area (Å²) in [6.07, 6.45) is -3.25. The van der Waals surface area contributed by atoms with E-state index in [4.69, 9.17) is 20.1 Å². The molecule has 0 aromatic rings. The highest BCUT2D eigenvalue weighted by Gasteiger charge is 2.35. The number of thiol groups is 1. The Morgan fingerprint density at radius 2 is 1.80 bits per heavy atom. The van der Waals surface area contributed by atoms with Gasteiger partial charge in [-0.15, -0.1) is 12.6 Å². The lowest BCUT2D eigenvalue weighted by Gasteiger charge is -2.32. The summed E-state index contributed by atoms with van der Waals surface area (Å²) >= 11 is 3.81. The summed E-state index contributed by atoms with van der Waals surface area (Å²) in [5.74, 6) is 0. The summed E-state index contributed by atoms with van der Waals surface area (Å²) in [5.41, 5.74) is -0.696. The van der Waals surface area contributed by atoms with E-state index in [0.717, 1.165) is 0 Å². The van der Waals surface area contributed by atoms with E-state index in [0.29, 0.717) is 0 Å². The largest absolute Gasteiger partial charge is 0.388 e. The monoisotopic (exact) mass is 166 g/mol. The molecular weight excluding hydrogens is 156 g/mol. The van der Waals surface area contributed by atoms with Gasteiger partial charge < -0.3 is 20.1 Å². The molecule has 0 unspecified atom stereocenters. The standard InChI is InChI=1S/C5H10O4S/c6-2-1-9-5(10)4(8)3(2)7/h2-8,10H,1H2/t2-,3-,4+,5+/m1/s1. The van der Waals surface area contributed by atoms with Gasteiger partial charge in [0, 0.05) is 0 Å². The molecule has 0 aliphatic carbocycles. The first-order valence-electron chi connectivity index (χ1n) is 2.97. The molecule has 0 radical (unpaired) electrons. The van der Waals surface area contributed by atoms with Gasteiger partial charge in [0.2, 0.25) is 0 Å². The van der Waals surface area contributed by atoms with E-state index in [1.807, 2.05) is 0 Å². The fourth-order valence-corrected chi connectivity index (χ4v) is 1.05. The lowest BCUT2D eigenvalue weighted by molar-refractivity contribution is -0.160. The van der Waals surface area contributed by atoms with Crippen LogP contribution in [0, 0.1) is 0 Å². The molecule has 1 fully saturated rings. The maximum atomic E-state index is 9.01. The molecular formula is C5H10O4S. The Hall–Kier alpha value is 0.190. The maximum Gasteiger partial charge on any atom is 0.129 e. The fourth-order valence-electron chi connectivity index (χ4n) is 0.791. The number of rotatable bonds is 0. The Bertz CT molecular complexity index is 106. The van der Waals surface area contributed by atoms with Crippen LogP contribution in [0.1, 0.15) is 0 Å². The molecule has 3 N–H and O–H groups in total. The van der Waals surface area contributed by atoms with Gasteiger partial charge in [-0.05, 0) is 0 Å². The second kappa shape index (κ2) is 3.06. The van der Waals surface area contributed by atoms with Gasteiger partial charge >= 0.3 is 0 Å². The van der Waals surface area contributed by atoms with Gasteiger partial charge in [-0.3, -0.25) is 0 Å². The third kappa shape index (κ3) is 1.43. The summed E-state index contributed by atoms with van der Waals surface area (Å²) in [4.78, 5) is 0. The number of ether oxygens (including phenoxy) is 1. The van der Waals surface area contributed by atoms with Crippen molar-refractivity contribution in [2.24, 2.45) is 0 Å². The highest BCUT2D eigenvalue weighted by atomic mass is 32.1. The lowest BCUT2D eigenvalue weighted by Crippen LogP contribution is -2.50. The molecule has 1 aliphatic rings. The fraction of sp³-hybridized carbons (Fsp3) is 1.00. The van der Waals surface area contributed by atoms with Crippen LogP contribution in [0.3, 0.4) is 0 Å². The van der Waals surface area contributed by atoms with Crippen LogP contribution >= 0.6 is 12.6 Å². The minimum Gasteiger partial charge on any atom is -0.388 e. The van der Waals surface area contributed by atoms with Crippen molar-refractivity contribution in [1.82, 2.24) is 0 Å². The van der Waals surface area contributed by atoms with Crippen LogP contribution in [0.5, 0.6) is 0 Å². The zero-order valence-corrected chi connectivity index (χ0v) is 6.11. The molecule has 0 aromatic heterocycles. The Balaban J connectivity index is 2.52. The van der Waals surface area contributed by atoms with Crippen LogP contribution in [-0.4, -0.2) is 45.7 Å². The molecule has 1 rings (SSSR count). The van der Waals surface area contributed by atoms with Gasteiger partial charge in [-0.25, -0.2) is 0 Å². The van der Waals surface area contributed by atoms with E-state index in [2.05, 4.69) is 12.6 Å². The van der Waals surface area contributed by atoms with E-state index in [1.54, 1.807) is 0 Å². The van der Waals surface area contributed by atoms with Crippen LogP contribution in [0.2, 0.25) is 0 Å². The van der Waals surface area contributed by atoms with Gasteiger partial charge in [-0.2, -0.15) is 0 Å². The average Bonchev–Trinajstić information content (AvgIpc) is 1.93. The molecule has 4 atom stereocenters. The Morgan fingerprint density at radius 1 is 1.20 bits per heavy atom. The molecule has 1 saturated heterocycles. The minimum absolute atomic E-state index is 0.0202. The zero-order valence-electron chi connectivity index (χ0n) is 5.21. The van der Waals surface area contributed by atoms with Crippen LogP contribution < -0.4 is 0 Å². The molecule has 60 valence electrons. The first-order valence-corrected chi connectivity index (χ1v) is 3.48. The van der Waals surface area contributed by atoms with Crippen LogP contribution in [0.4, 0.5) is 0 Å². The lowest BCUT2D eigenvalue weighted by atomic mass is 10.1. The van der Waals surface area contributed by atoms with Crippen LogP contribution in [0.25, 0.3) is 0 Å². The van der Waals surface area contributed by atoms with Crippen LogP contribution in [-0.2, 0) is 4.74 Å². The van der Waals surface area contributed by atoms with E-state index in [-0.39, 0.29) is 6.61 Å². The van der Waals surface area contributed by atoms with Crippen molar-refractivity contribution in [2.75, 3.05) is 6.61 Å². The third-order valence-corrected chi connectivity index (χ3v) is 1.93. The molecule has 4 nitrogen and oxygen atoms in total. The number of aliphatic hydroxyl groups is 3. The van der Waals surface area contributed by atoms with Crippen molar-refractivity contribution < 1.29 is 20.1 Å². The van der Waals surface area contributed by atoms with Gasteiger partial charge in [-0.1, -0.05) is 0 Å². The topological polar surface area (TPSA) is 69.9 Å². The summed E-state index contributed by atoms with van der Waals surface area (Å²) in [5, 5.41) is 26.9. The molecule has 5 heteroatoms. The molecule has 0 spiro atoms. The van der Waals surface area contributed by atoms with E-state index < -0.39 is 23.7 Å². The molecule has 1 aliphatic heterocycles. The first kappa shape index (κ1) is 8.29. The second-order valence-electron chi connectivity index (χ2n) is 2.27. The Morgan fingerprint density at radius 3 is 2.30 bits per heavy atom. The summed E-state index contributed by atoms with van der Waals surface area (Å²) in [6.45, 7) is 0.0202. The van der Waals surface area contributed by atoms with Gasteiger partial charge in [0.15, 0.2) is 0 Å². The van der Waals surface area contributed by atoms with Gasteiger partial charge in [0.05, 0.1) is 6.61 Å². The molecule has 0 aromatic carbocycles. The molecule has 0 bridgehead atoms. The zero-order chi connectivity index (χ0) is 7.72. The van der Waals surface area contributed by atoms with E-state index in [9.17, 15) is 0 Å².